The van der Waals surface area contributed by atoms with Gasteiger partial charge in [0.15, 0.2) is 0 Å². The maximum atomic E-state index is 8.63. The lowest BCUT2D eigenvalue weighted by atomic mass is 10.1. The summed E-state index contributed by atoms with van der Waals surface area (Å²) in [5.74, 6) is 0.932. The van der Waals surface area contributed by atoms with Crippen LogP contribution in [0.2, 0.25) is 0 Å². The summed E-state index contributed by atoms with van der Waals surface area (Å²) in [4.78, 5) is 0. The predicted octanol–water partition coefficient (Wildman–Crippen LogP) is 2.37. The summed E-state index contributed by atoms with van der Waals surface area (Å²) in [5, 5.41) is 8.63. The van der Waals surface area contributed by atoms with Crippen molar-refractivity contribution in [2.45, 2.75) is 27.2 Å². The lowest BCUT2D eigenvalue weighted by Gasteiger charge is -2.11. The standard InChI is InChI=1S/C12H18O2/c1-9-7-11(3)12(8-10(9)2)14-6-4-5-13/h7-8,13H,4-6H2,1-3H3. The molecule has 1 N–H and O–H groups in total. The second-order valence-electron chi connectivity index (χ2n) is 3.63. The lowest BCUT2D eigenvalue weighted by Crippen LogP contribution is -2.01. The maximum absolute atomic E-state index is 8.63. The largest absolute Gasteiger partial charge is 0.493 e. The first-order valence-corrected chi connectivity index (χ1v) is 4.96. The van der Waals surface area contributed by atoms with E-state index in [0.29, 0.717) is 13.0 Å². The minimum absolute atomic E-state index is 0.184. The van der Waals surface area contributed by atoms with Gasteiger partial charge in [-0.1, -0.05) is 6.07 Å². The van der Waals surface area contributed by atoms with E-state index >= 15 is 0 Å². The van der Waals surface area contributed by atoms with Gasteiger partial charge in [-0.25, -0.2) is 0 Å². The van der Waals surface area contributed by atoms with E-state index in [-0.39, 0.29) is 6.61 Å². The summed E-state index contributed by atoms with van der Waals surface area (Å²) in [6.07, 6.45) is 0.687. The highest BCUT2D eigenvalue weighted by Crippen LogP contribution is 2.22. The molecule has 0 saturated heterocycles. The van der Waals surface area contributed by atoms with Crippen LogP contribution in [-0.2, 0) is 0 Å². The van der Waals surface area contributed by atoms with Crippen molar-refractivity contribution in [3.05, 3.63) is 28.8 Å². The summed E-state index contributed by atoms with van der Waals surface area (Å²) in [6.45, 7) is 6.98. The normalized spacial score (nSPS) is 10.3. The predicted molar refractivity (Wildman–Crippen MR) is 57.9 cm³/mol. The van der Waals surface area contributed by atoms with Crippen LogP contribution in [0.15, 0.2) is 12.1 Å². The Morgan fingerprint density at radius 1 is 1.07 bits per heavy atom. The van der Waals surface area contributed by atoms with Crippen LogP contribution in [0, 0.1) is 20.8 Å². The highest BCUT2D eigenvalue weighted by molar-refractivity contribution is 5.40. The minimum Gasteiger partial charge on any atom is -0.493 e. The van der Waals surface area contributed by atoms with E-state index < -0.39 is 0 Å². The zero-order chi connectivity index (χ0) is 10.6. The molecular weight excluding hydrogens is 176 g/mol. The number of hydrogen-bond donors (Lipinski definition) is 1. The van der Waals surface area contributed by atoms with Crippen molar-refractivity contribution in [3.8, 4) is 5.75 Å². The minimum atomic E-state index is 0.184. The first-order chi connectivity index (χ1) is 6.65. The Balaban J connectivity index is 2.72. The number of aliphatic hydroxyl groups excluding tert-OH is 1. The molecule has 0 fully saturated rings. The molecule has 0 saturated carbocycles. The molecule has 0 atom stereocenters. The zero-order valence-electron chi connectivity index (χ0n) is 9.13. The average Bonchev–Trinajstić information content (AvgIpc) is 2.14. The molecule has 0 amide bonds. The fourth-order valence-electron chi connectivity index (χ4n) is 1.34. The van der Waals surface area contributed by atoms with Gasteiger partial charge in [-0.05, 0) is 43.5 Å². The number of benzene rings is 1. The van der Waals surface area contributed by atoms with Crippen molar-refractivity contribution in [2.75, 3.05) is 13.2 Å². The average molecular weight is 194 g/mol. The smallest absolute Gasteiger partial charge is 0.122 e. The molecular formula is C12H18O2. The lowest BCUT2D eigenvalue weighted by molar-refractivity contribution is 0.233. The van der Waals surface area contributed by atoms with Crippen molar-refractivity contribution in [1.29, 1.82) is 0 Å². The van der Waals surface area contributed by atoms with Gasteiger partial charge in [-0.15, -0.1) is 0 Å². The van der Waals surface area contributed by atoms with Gasteiger partial charge in [0, 0.05) is 13.0 Å². The number of aliphatic hydroxyl groups is 1. The second-order valence-corrected chi connectivity index (χ2v) is 3.63. The van der Waals surface area contributed by atoms with Crippen LogP contribution in [0.25, 0.3) is 0 Å². The zero-order valence-corrected chi connectivity index (χ0v) is 9.13. The van der Waals surface area contributed by atoms with Crippen LogP contribution in [0.1, 0.15) is 23.1 Å². The Bertz CT molecular complexity index is 305. The molecule has 14 heavy (non-hydrogen) atoms. The van der Waals surface area contributed by atoms with Crippen molar-refractivity contribution >= 4 is 0 Å². The summed E-state index contributed by atoms with van der Waals surface area (Å²) in [5.41, 5.74) is 3.69. The molecule has 78 valence electrons. The molecule has 0 aromatic heterocycles. The monoisotopic (exact) mass is 194 g/mol. The quantitative estimate of drug-likeness (QED) is 0.746. The van der Waals surface area contributed by atoms with Crippen molar-refractivity contribution < 1.29 is 9.84 Å². The van der Waals surface area contributed by atoms with Gasteiger partial charge < -0.3 is 9.84 Å². The Labute approximate surface area is 85.5 Å². The first-order valence-electron chi connectivity index (χ1n) is 4.96. The third-order valence-electron chi connectivity index (χ3n) is 2.35. The van der Waals surface area contributed by atoms with E-state index in [9.17, 15) is 0 Å². The molecule has 0 spiro atoms. The van der Waals surface area contributed by atoms with Crippen LogP contribution < -0.4 is 4.74 Å². The van der Waals surface area contributed by atoms with Crippen LogP contribution >= 0.6 is 0 Å². The Hall–Kier alpha value is -1.02. The van der Waals surface area contributed by atoms with Crippen LogP contribution in [0.5, 0.6) is 5.75 Å². The Morgan fingerprint density at radius 3 is 2.36 bits per heavy atom. The molecule has 0 aliphatic rings. The molecule has 0 bridgehead atoms. The fourth-order valence-corrected chi connectivity index (χ4v) is 1.34. The summed E-state index contributed by atoms with van der Waals surface area (Å²) >= 11 is 0. The van der Waals surface area contributed by atoms with E-state index in [1.165, 1.54) is 11.1 Å². The maximum Gasteiger partial charge on any atom is 0.122 e. The molecule has 0 aliphatic heterocycles. The number of rotatable bonds is 4. The molecule has 1 aromatic carbocycles. The van der Waals surface area contributed by atoms with Gasteiger partial charge in [0.2, 0.25) is 0 Å². The van der Waals surface area contributed by atoms with Crippen molar-refractivity contribution in [2.24, 2.45) is 0 Å². The molecule has 2 nitrogen and oxygen atoms in total. The Kier molecular flexibility index (Phi) is 3.96. The Morgan fingerprint density at radius 2 is 1.71 bits per heavy atom. The van der Waals surface area contributed by atoms with Gasteiger partial charge in [0.25, 0.3) is 0 Å². The van der Waals surface area contributed by atoms with E-state index in [1.54, 1.807) is 0 Å². The summed E-state index contributed by atoms with van der Waals surface area (Å²) in [6, 6.07) is 4.19. The van der Waals surface area contributed by atoms with E-state index in [2.05, 4.69) is 26.0 Å². The molecule has 0 unspecified atom stereocenters. The van der Waals surface area contributed by atoms with E-state index in [1.807, 2.05) is 6.92 Å². The van der Waals surface area contributed by atoms with Gasteiger partial charge >= 0.3 is 0 Å². The molecule has 2 heteroatoms. The highest BCUT2D eigenvalue weighted by Gasteiger charge is 2.02. The van der Waals surface area contributed by atoms with E-state index in [4.69, 9.17) is 9.84 Å². The molecule has 0 aliphatic carbocycles. The summed E-state index contributed by atoms with van der Waals surface area (Å²) in [7, 11) is 0. The number of ether oxygens (including phenoxy) is 1. The fraction of sp³-hybridized carbons (Fsp3) is 0.500. The van der Waals surface area contributed by atoms with Gasteiger partial charge in [-0.3, -0.25) is 0 Å². The highest BCUT2D eigenvalue weighted by atomic mass is 16.5. The molecule has 1 aromatic rings. The van der Waals surface area contributed by atoms with Crippen LogP contribution in [0.4, 0.5) is 0 Å². The topological polar surface area (TPSA) is 29.5 Å². The van der Waals surface area contributed by atoms with Crippen molar-refractivity contribution in [3.63, 3.8) is 0 Å². The first kappa shape index (κ1) is 11.1. The third kappa shape index (κ3) is 2.74. The third-order valence-corrected chi connectivity index (χ3v) is 2.35. The number of aryl methyl sites for hydroxylation is 3. The van der Waals surface area contributed by atoms with Crippen LogP contribution in [0.3, 0.4) is 0 Å². The second kappa shape index (κ2) is 5.01. The van der Waals surface area contributed by atoms with E-state index in [0.717, 1.165) is 11.3 Å². The van der Waals surface area contributed by atoms with Gasteiger partial charge in [-0.2, -0.15) is 0 Å². The van der Waals surface area contributed by atoms with Crippen LogP contribution in [-0.4, -0.2) is 18.3 Å². The molecule has 0 heterocycles. The summed E-state index contributed by atoms with van der Waals surface area (Å²) < 4.78 is 5.55. The van der Waals surface area contributed by atoms with Gasteiger partial charge in [0.05, 0.1) is 6.61 Å². The SMILES string of the molecule is Cc1cc(C)c(OCCCO)cc1C. The number of hydrogen-bond acceptors (Lipinski definition) is 2. The molecule has 1 rings (SSSR count). The van der Waals surface area contributed by atoms with Gasteiger partial charge in [0.1, 0.15) is 5.75 Å². The van der Waals surface area contributed by atoms with Crippen molar-refractivity contribution in [1.82, 2.24) is 0 Å². The molecule has 0 radical (unpaired) electrons.